The molecule has 4 nitrogen and oxygen atoms in total. The van der Waals surface area contributed by atoms with Gasteiger partial charge in [0.05, 0.1) is 14.2 Å². The summed E-state index contributed by atoms with van der Waals surface area (Å²) in [5.41, 5.74) is 35.3. The molecule has 0 fully saturated rings. The molecule has 0 spiro atoms. The van der Waals surface area contributed by atoms with Crippen molar-refractivity contribution < 1.29 is 9.47 Å². The molecule has 0 amide bonds. The number of ether oxygens (including phenoxy) is 2. The smallest absolute Gasteiger partial charge is 0.248 e. The average Bonchev–Trinajstić information content (AvgIpc) is 3.64. The lowest BCUT2D eigenvalue weighted by Gasteiger charge is -2.42. The van der Waals surface area contributed by atoms with E-state index in [1.54, 1.807) is 7.11 Å². The van der Waals surface area contributed by atoms with Crippen LogP contribution in [-0.2, 0) is 0 Å². The molecule has 4 aliphatic rings. The van der Waals surface area contributed by atoms with Crippen molar-refractivity contribution in [1.29, 1.82) is 0 Å². The summed E-state index contributed by atoms with van der Waals surface area (Å²) in [7, 11) is 3.61. The van der Waals surface area contributed by atoms with E-state index >= 15 is 0 Å². The van der Waals surface area contributed by atoms with Crippen LogP contribution in [0.4, 0.5) is 34.1 Å². The van der Waals surface area contributed by atoms with Gasteiger partial charge >= 0.3 is 0 Å². The molecular formula is C74H58B2N2O2. The van der Waals surface area contributed by atoms with Crippen LogP contribution in [0.5, 0.6) is 11.5 Å². The molecule has 4 aliphatic heterocycles. The molecule has 0 saturated carbocycles. The third-order valence-electron chi connectivity index (χ3n) is 18.5. The maximum absolute atomic E-state index is 6.41. The number of para-hydroxylation sites is 2. The molecule has 6 heteroatoms. The first-order chi connectivity index (χ1) is 38.9. The number of nitrogens with zero attached hydrogens (tertiary/aromatic N) is 2. The van der Waals surface area contributed by atoms with Crippen LogP contribution in [0.1, 0.15) is 44.5 Å². The van der Waals surface area contributed by atoms with Gasteiger partial charge in [-0.05, 0) is 248 Å². The second-order valence-corrected chi connectivity index (χ2v) is 23.6. The molecule has 12 aromatic carbocycles. The number of anilines is 6. The van der Waals surface area contributed by atoms with Crippen LogP contribution in [0.3, 0.4) is 0 Å². The summed E-state index contributed by atoms with van der Waals surface area (Å²) >= 11 is 0. The van der Waals surface area contributed by atoms with E-state index in [-0.39, 0.29) is 13.4 Å². The van der Waals surface area contributed by atoms with E-state index in [0.29, 0.717) is 0 Å². The number of methoxy groups -OCH3 is 2. The number of benzene rings is 12. The van der Waals surface area contributed by atoms with Crippen molar-refractivity contribution >= 4 is 113 Å². The van der Waals surface area contributed by atoms with E-state index in [2.05, 4.69) is 235 Å². The third-order valence-corrected chi connectivity index (χ3v) is 18.5. The fourth-order valence-electron chi connectivity index (χ4n) is 15.8. The van der Waals surface area contributed by atoms with Gasteiger partial charge < -0.3 is 19.3 Å². The van der Waals surface area contributed by atoms with Crippen LogP contribution in [-0.4, -0.2) is 27.6 Å². The van der Waals surface area contributed by atoms with Crippen LogP contribution in [0.25, 0.3) is 76.8 Å². The molecule has 4 heterocycles. The Hall–Kier alpha value is -8.99. The fourth-order valence-corrected chi connectivity index (χ4v) is 15.8. The molecule has 0 saturated heterocycles. The Labute approximate surface area is 469 Å². The average molecular weight is 1030 g/mol. The van der Waals surface area contributed by atoms with Gasteiger partial charge in [0, 0.05) is 46.3 Å². The minimum absolute atomic E-state index is 0.0653. The van der Waals surface area contributed by atoms with Crippen molar-refractivity contribution in [2.75, 3.05) is 24.0 Å². The molecule has 0 unspecified atom stereocenters. The summed E-state index contributed by atoms with van der Waals surface area (Å²) in [5, 5.41) is 7.97. The largest absolute Gasteiger partial charge is 0.497 e. The van der Waals surface area contributed by atoms with E-state index in [0.717, 1.165) is 34.2 Å². The minimum Gasteiger partial charge on any atom is -0.497 e. The van der Waals surface area contributed by atoms with Gasteiger partial charge in [0.2, 0.25) is 13.4 Å². The van der Waals surface area contributed by atoms with Gasteiger partial charge in [-0.3, -0.25) is 0 Å². The standard InChI is InChI=1S/C74H58B2N2O2/c1-39-21-23-59-63(30-39)77(47-17-13-11-14-18-47)66-34-50(80-10)32-58-54-36-52(68-45(7)27-41(3)28-46(68)8)56-37-61-69-53(35-51(67-43(5)25-40(2)26-44(67)6)55-38-62(75(59)74(58)66)70(54)72(56)71(55)69)57-29-42(4)31-65-73(57)76(61)60-24-22-49(79-9)33-64(60)78(65)48-19-15-12-16-20-48/h11-38H,1-10H3. The van der Waals surface area contributed by atoms with Crippen molar-refractivity contribution in [3.05, 3.63) is 214 Å². The van der Waals surface area contributed by atoms with E-state index in [1.807, 2.05) is 7.11 Å². The normalized spacial score (nSPS) is 13.3. The second kappa shape index (κ2) is 16.8. The number of aryl methyl sites for hydroxylation is 8. The monoisotopic (exact) mass is 1030 g/mol. The van der Waals surface area contributed by atoms with Crippen molar-refractivity contribution in [2.24, 2.45) is 0 Å². The van der Waals surface area contributed by atoms with Crippen LogP contribution >= 0.6 is 0 Å². The lowest BCUT2D eigenvalue weighted by Crippen LogP contribution is -2.60. The Morgan fingerprint density at radius 2 is 0.738 bits per heavy atom. The number of hydrogen-bond donors (Lipinski definition) is 0. The zero-order chi connectivity index (χ0) is 54.3. The first-order valence-electron chi connectivity index (χ1n) is 28.3. The number of hydrogen-bond acceptors (Lipinski definition) is 4. The summed E-state index contributed by atoms with van der Waals surface area (Å²) < 4.78 is 12.5. The van der Waals surface area contributed by atoms with Crippen molar-refractivity contribution in [3.8, 4) is 56.0 Å². The maximum Gasteiger partial charge on any atom is 0.248 e. The lowest BCUT2D eigenvalue weighted by atomic mass is 9.31. The molecule has 80 heavy (non-hydrogen) atoms. The predicted molar refractivity (Wildman–Crippen MR) is 342 cm³/mol. The first-order valence-corrected chi connectivity index (χ1v) is 28.3. The Bertz CT molecular complexity index is 4690. The Morgan fingerprint density at radius 1 is 0.312 bits per heavy atom. The van der Waals surface area contributed by atoms with Gasteiger partial charge in [-0.1, -0.05) is 119 Å². The summed E-state index contributed by atoms with van der Waals surface area (Å²) in [6.07, 6.45) is 0. The lowest BCUT2D eigenvalue weighted by molar-refractivity contribution is 0.415. The summed E-state index contributed by atoms with van der Waals surface area (Å²) in [4.78, 5) is 4.99. The van der Waals surface area contributed by atoms with Crippen molar-refractivity contribution in [1.82, 2.24) is 0 Å². The summed E-state index contributed by atoms with van der Waals surface area (Å²) in [6, 6.07) is 65.4. The highest BCUT2D eigenvalue weighted by molar-refractivity contribution is 7.02. The van der Waals surface area contributed by atoms with Crippen LogP contribution < -0.4 is 52.1 Å². The Morgan fingerprint density at radius 3 is 1.24 bits per heavy atom. The highest BCUT2D eigenvalue weighted by Gasteiger charge is 2.46. The highest BCUT2D eigenvalue weighted by Crippen LogP contribution is 2.54. The molecule has 0 N–H and O–H groups in total. The van der Waals surface area contributed by atoms with Crippen LogP contribution in [0.15, 0.2) is 170 Å². The third kappa shape index (κ3) is 6.30. The van der Waals surface area contributed by atoms with Gasteiger partial charge in [-0.25, -0.2) is 0 Å². The van der Waals surface area contributed by atoms with Gasteiger partial charge in [-0.2, -0.15) is 0 Å². The molecule has 382 valence electrons. The molecule has 0 aromatic heterocycles. The van der Waals surface area contributed by atoms with Crippen LogP contribution in [0.2, 0.25) is 0 Å². The van der Waals surface area contributed by atoms with E-state index < -0.39 is 0 Å². The fraction of sp³-hybridized carbons (Fsp3) is 0.135. The quantitative estimate of drug-likeness (QED) is 0.122. The molecule has 12 aromatic rings. The molecule has 0 aliphatic carbocycles. The topological polar surface area (TPSA) is 24.9 Å². The molecule has 0 atom stereocenters. The van der Waals surface area contributed by atoms with Crippen molar-refractivity contribution in [2.45, 2.75) is 55.4 Å². The first kappa shape index (κ1) is 47.0. The highest BCUT2D eigenvalue weighted by atomic mass is 16.5. The predicted octanol–water partition coefficient (Wildman–Crippen LogP) is 15.0. The van der Waals surface area contributed by atoms with E-state index in [1.165, 1.54) is 165 Å². The second-order valence-electron chi connectivity index (χ2n) is 23.6. The Kier molecular flexibility index (Phi) is 9.86. The van der Waals surface area contributed by atoms with Gasteiger partial charge in [-0.15, -0.1) is 0 Å². The van der Waals surface area contributed by atoms with Gasteiger partial charge in [0.15, 0.2) is 0 Å². The molecular weight excluding hydrogens is 970 g/mol. The summed E-state index contributed by atoms with van der Waals surface area (Å²) in [5.74, 6) is 1.69. The van der Waals surface area contributed by atoms with E-state index in [4.69, 9.17) is 9.47 Å². The van der Waals surface area contributed by atoms with Crippen molar-refractivity contribution in [3.63, 3.8) is 0 Å². The van der Waals surface area contributed by atoms with Gasteiger partial charge in [0.1, 0.15) is 11.5 Å². The zero-order valence-corrected chi connectivity index (χ0v) is 47.0. The maximum atomic E-state index is 6.41. The number of fused-ring (bicyclic) bond motifs is 8. The minimum atomic E-state index is -0.0700. The molecule has 0 bridgehead atoms. The van der Waals surface area contributed by atoms with E-state index in [9.17, 15) is 0 Å². The SMILES string of the molecule is COc1ccc2c(c1)N(c1ccccc1)c1cc(C)cc3c1B2c1cc2c(-c4c(C)cc(C)cc4C)cc4c5c(cc6c(-c7c(C)cc(C)cc7C)cc-3c1c6c25)B1c2ccc(C)cc2N(c2ccccc2)c2cc(OC)cc-4c21. The summed E-state index contributed by atoms with van der Waals surface area (Å²) in [6.45, 7) is 18.1. The molecule has 0 radical (unpaired) electrons. The Balaban J connectivity index is 1.15. The van der Waals surface area contributed by atoms with Crippen LogP contribution in [0, 0.1) is 55.4 Å². The molecule has 16 rings (SSSR count). The van der Waals surface area contributed by atoms with Gasteiger partial charge in [0.25, 0.3) is 0 Å². The zero-order valence-electron chi connectivity index (χ0n) is 47.0. The number of rotatable bonds is 6.